The van der Waals surface area contributed by atoms with Crippen LogP contribution in [0.5, 0.6) is 0 Å². The van der Waals surface area contributed by atoms with Gasteiger partial charge >= 0.3 is 5.97 Å². The fourth-order valence-electron chi connectivity index (χ4n) is 4.25. The van der Waals surface area contributed by atoms with E-state index >= 15 is 0 Å². The molecule has 1 aliphatic carbocycles. The number of ether oxygens (including phenoxy) is 1. The number of ketones is 1. The van der Waals surface area contributed by atoms with E-state index in [1.54, 1.807) is 48.2 Å². The van der Waals surface area contributed by atoms with Crippen LogP contribution >= 0.6 is 11.6 Å². The van der Waals surface area contributed by atoms with Crippen LogP contribution in [0.15, 0.2) is 24.3 Å². The molecule has 1 saturated carbocycles. The van der Waals surface area contributed by atoms with Crippen molar-refractivity contribution in [2.24, 2.45) is 0 Å². The first kappa shape index (κ1) is 23.2. The van der Waals surface area contributed by atoms with E-state index in [0.29, 0.717) is 36.5 Å². The zero-order chi connectivity index (χ0) is 22.6. The number of Topliss-reactive ketones (excluding diaryl/α,β-unsaturated/α-hetero) is 1. The average Bonchev–Trinajstić information content (AvgIpc) is 2.75. The highest BCUT2D eigenvalue weighted by molar-refractivity contribution is 6.31. The molecule has 8 nitrogen and oxygen atoms in total. The highest BCUT2D eigenvalue weighted by atomic mass is 35.5. The molecule has 0 unspecified atom stereocenters. The van der Waals surface area contributed by atoms with Gasteiger partial charge in [0.25, 0.3) is 5.91 Å². The maximum Gasteiger partial charge on any atom is 0.320 e. The minimum absolute atomic E-state index is 0.0626. The van der Waals surface area contributed by atoms with E-state index in [-0.39, 0.29) is 24.8 Å². The maximum absolute atomic E-state index is 13.1. The molecule has 2 aliphatic rings. The van der Waals surface area contributed by atoms with E-state index < -0.39 is 24.0 Å². The molecule has 0 N–H and O–H groups in total. The van der Waals surface area contributed by atoms with E-state index in [4.69, 9.17) is 16.3 Å². The van der Waals surface area contributed by atoms with Gasteiger partial charge in [-0.15, -0.1) is 0 Å². The van der Waals surface area contributed by atoms with E-state index in [1.165, 1.54) is 4.90 Å². The smallest absolute Gasteiger partial charge is 0.320 e. The Labute approximate surface area is 187 Å². The number of halogens is 1. The largest absolute Gasteiger partial charge is 0.455 e. The van der Waals surface area contributed by atoms with E-state index in [1.807, 2.05) is 0 Å². The Bertz CT molecular complexity index is 876. The van der Waals surface area contributed by atoms with Crippen LogP contribution in [0.2, 0.25) is 5.02 Å². The third-order valence-electron chi connectivity index (χ3n) is 6.17. The molecule has 0 radical (unpaired) electrons. The molecule has 1 aliphatic heterocycles. The first-order chi connectivity index (χ1) is 14.8. The molecule has 1 aromatic carbocycles. The quantitative estimate of drug-likeness (QED) is 0.611. The lowest BCUT2D eigenvalue weighted by Crippen LogP contribution is -2.55. The first-order valence-corrected chi connectivity index (χ1v) is 10.8. The normalized spacial score (nSPS) is 22.4. The summed E-state index contributed by atoms with van der Waals surface area (Å²) in [6.45, 7) is 0.705. The van der Waals surface area contributed by atoms with Gasteiger partial charge in [-0.25, -0.2) is 0 Å². The number of piperazine rings is 1. The molecule has 0 aromatic heterocycles. The monoisotopic (exact) mass is 449 g/mol. The Morgan fingerprint density at radius 1 is 1.19 bits per heavy atom. The standard InChI is InChI=1S/C22H28ClN3O5/c1-24-11-12-26(13-19(24)28)14-21(30)31-15-20(29)25(2)22(10-6-5-9-18(22)27)16-7-3-4-8-17(16)23/h3-4,7-8H,5-6,9-15H2,1-2H3/t22-/m0/s1. The summed E-state index contributed by atoms with van der Waals surface area (Å²) in [6.07, 6.45) is 2.38. The zero-order valence-electron chi connectivity index (χ0n) is 17.9. The summed E-state index contributed by atoms with van der Waals surface area (Å²) in [5.74, 6) is -1.18. The van der Waals surface area contributed by atoms with Gasteiger partial charge in [0.15, 0.2) is 12.4 Å². The van der Waals surface area contributed by atoms with Crippen LogP contribution in [-0.2, 0) is 29.5 Å². The zero-order valence-corrected chi connectivity index (χ0v) is 18.7. The van der Waals surface area contributed by atoms with Crippen LogP contribution in [0.1, 0.15) is 31.2 Å². The van der Waals surface area contributed by atoms with Crippen molar-refractivity contribution in [3.05, 3.63) is 34.9 Å². The topological polar surface area (TPSA) is 87.2 Å². The van der Waals surface area contributed by atoms with Gasteiger partial charge in [-0.05, 0) is 25.3 Å². The predicted octanol–water partition coefficient (Wildman–Crippen LogP) is 1.45. The van der Waals surface area contributed by atoms with Gasteiger partial charge in [0.05, 0.1) is 13.1 Å². The number of nitrogens with zero attached hydrogens (tertiary/aromatic N) is 3. The minimum atomic E-state index is -1.16. The highest BCUT2D eigenvalue weighted by Crippen LogP contribution is 2.42. The molecule has 1 aromatic rings. The molecule has 168 valence electrons. The number of esters is 1. The van der Waals surface area contributed by atoms with E-state index in [2.05, 4.69) is 0 Å². The van der Waals surface area contributed by atoms with Gasteiger partial charge in [0, 0.05) is 44.2 Å². The molecule has 2 fully saturated rings. The van der Waals surface area contributed by atoms with E-state index in [9.17, 15) is 19.2 Å². The molecule has 9 heteroatoms. The molecular formula is C22H28ClN3O5. The lowest BCUT2D eigenvalue weighted by Gasteiger charge is -2.43. The summed E-state index contributed by atoms with van der Waals surface area (Å²) in [5, 5.41) is 0.425. The van der Waals surface area contributed by atoms with Gasteiger partial charge in [0.1, 0.15) is 5.54 Å². The Morgan fingerprint density at radius 2 is 1.94 bits per heavy atom. The predicted molar refractivity (Wildman–Crippen MR) is 114 cm³/mol. The van der Waals surface area contributed by atoms with Gasteiger partial charge < -0.3 is 14.5 Å². The maximum atomic E-state index is 13.1. The number of hydrogen-bond acceptors (Lipinski definition) is 6. The second-order valence-corrected chi connectivity index (χ2v) is 8.52. The minimum Gasteiger partial charge on any atom is -0.455 e. The molecule has 31 heavy (non-hydrogen) atoms. The van der Waals surface area contributed by atoms with Gasteiger partial charge in [-0.1, -0.05) is 29.8 Å². The number of amides is 2. The molecule has 0 bridgehead atoms. The summed E-state index contributed by atoms with van der Waals surface area (Å²) in [7, 11) is 3.27. The van der Waals surface area contributed by atoms with Crippen molar-refractivity contribution in [3.8, 4) is 0 Å². The third kappa shape index (κ3) is 4.91. The Hall–Kier alpha value is -2.45. The SMILES string of the molecule is CN1CCN(CC(=O)OCC(=O)N(C)[C@]2(c3ccccc3Cl)CCCCC2=O)CC1=O. The van der Waals surface area contributed by atoms with Crippen LogP contribution in [-0.4, -0.2) is 85.1 Å². The van der Waals surface area contributed by atoms with Crippen molar-refractivity contribution >= 4 is 35.2 Å². The van der Waals surface area contributed by atoms with Crippen LogP contribution in [0.3, 0.4) is 0 Å². The van der Waals surface area contributed by atoms with Crippen LogP contribution in [0.4, 0.5) is 0 Å². The van der Waals surface area contributed by atoms with Crippen molar-refractivity contribution in [3.63, 3.8) is 0 Å². The molecule has 1 saturated heterocycles. The number of rotatable bonds is 6. The second-order valence-electron chi connectivity index (χ2n) is 8.11. The lowest BCUT2D eigenvalue weighted by atomic mass is 9.74. The summed E-state index contributed by atoms with van der Waals surface area (Å²) in [6, 6.07) is 7.04. The second kappa shape index (κ2) is 9.78. The summed E-state index contributed by atoms with van der Waals surface area (Å²) in [5.41, 5.74) is -0.566. The van der Waals surface area contributed by atoms with Crippen molar-refractivity contribution in [2.75, 3.05) is 46.9 Å². The van der Waals surface area contributed by atoms with Crippen molar-refractivity contribution in [1.29, 1.82) is 0 Å². The number of carbonyl (C=O) groups is 4. The third-order valence-corrected chi connectivity index (χ3v) is 6.50. The number of benzene rings is 1. The van der Waals surface area contributed by atoms with Gasteiger partial charge in [0.2, 0.25) is 5.91 Å². The fraction of sp³-hybridized carbons (Fsp3) is 0.545. The Balaban J connectivity index is 1.67. The molecular weight excluding hydrogens is 422 g/mol. The summed E-state index contributed by atoms with van der Waals surface area (Å²) >= 11 is 6.41. The first-order valence-electron chi connectivity index (χ1n) is 10.4. The Morgan fingerprint density at radius 3 is 2.61 bits per heavy atom. The summed E-state index contributed by atoms with van der Waals surface area (Å²) in [4.78, 5) is 54.7. The lowest BCUT2D eigenvalue weighted by molar-refractivity contribution is -0.158. The van der Waals surface area contributed by atoms with Crippen molar-refractivity contribution in [1.82, 2.24) is 14.7 Å². The highest BCUT2D eigenvalue weighted by Gasteiger charge is 2.48. The number of hydrogen-bond donors (Lipinski definition) is 0. The Kier molecular flexibility index (Phi) is 7.33. The van der Waals surface area contributed by atoms with Crippen LogP contribution < -0.4 is 0 Å². The van der Waals surface area contributed by atoms with Crippen LogP contribution in [0.25, 0.3) is 0 Å². The molecule has 0 spiro atoms. The van der Waals surface area contributed by atoms with Crippen LogP contribution in [0, 0.1) is 0 Å². The number of carbonyl (C=O) groups excluding carboxylic acids is 4. The van der Waals surface area contributed by atoms with Crippen molar-refractivity contribution < 1.29 is 23.9 Å². The molecule has 1 heterocycles. The molecule has 3 rings (SSSR count). The molecule has 1 atom stereocenters. The van der Waals surface area contributed by atoms with Crippen molar-refractivity contribution in [2.45, 2.75) is 31.2 Å². The van der Waals surface area contributed by atoms with Gasteiger partial charge in [-0.3, -0.25) is 24.1 Å². The van der Waals surface area contributed by atoms with Gasteiger partial charge in [-0.2, -0.15) is 0 Å². The number of likely N-dealkylation sites (N-methyl/N-ethyl adjacent to an activating group) is 2. The average molecular weight is 450 g/mol. The molecule has 2 amide bonds. The fourth-order valence-corrected chi connectivity index (χ4v) is 4.54. The van der Waals surface area contributed by atoms with E-state index in [0.717, 1.165) is 12.8 Å². The summed E-state index contributed by atoms with van der Waals surface area (Å²) < 4.78 is 5.19.